The number of carbonyl (C=O) groups is 2. The molecule has 2 aromatic rings. The lowest BCUT2D eigenvalue weighted by Gasteiger charge is -2.41. The van der Waals surface area contributed by atoms with E-state index < -0.39 is 17.4 Å². The van der Waals surface area contributed by atoms with Gasteiger partial charge in [0, 0.05) is 6.42 Å². The number of carboxylic acids is 1. The molecule has 0 aliphatic heterocycles. The molecule has 0 spiro atoms. The van der Waals surface area contributed by atoms with Crippen molar-refractivity contribution >= 4 is 11.9 Å². The number of aromatic hydroxyl groups is 2. The summed E-state index contributed by atoms with van der Waals surface area (Å²) in [4.78, 5) is 25.6. The molecule has 0 heterocycles. The molecule has 2 rings (SSSR count). The second-order valence-corrected chi connectivity index (χ2v) is 8.43. The molecular weight excluding hydrogens is 382 g/mol. The number of carboxylic acid groups (broad SMARTS) is 1. The van der Waals surface area contributed by atoms with Gasteiger partial charge < -0.3 is 20.6 Å². The third-order valence-corrected chi connectivity index (χ3v) is 5.38. The number of aliphatic carboxylic acids is 1. The minimum Gasteiger partial charge on any atom is -0.508 e. The summed E-state index contributed by atoms with van der Waals surface area (Å²) in [7, 11) is 0. The molecule has 0 radical (unpaired) electrons. The lowest BCUT2D eigenvalue weighted by molar-refractivity contribution is -0.144. The minimum atomic E-state index is -1.61. The summed E-state index contributed by atoms with van der Waals surface area (Å²) in [6.07, 6.45) is 1.01. The highest BCUT2D eigenvalue weighted by atomic mass is 16.4. The SMILES string of the molecule is CC(C)CCC(=O)NC(C(C)C)C(C(=O)O)(c1ccc(O)cc1)c1ccc(O)cc1. The zero-order chi connectivity index (χ0) is 22.5. The molecule has 2 aromatic carbocycles. The fourth-order valence-electron chi connectivity index (χ4n) is 3.79. The van der Waals surface area contributed by atoms with Crippen molar-refractivity contribution in [2.24, 2.45) is 11.8 Å². The predicted octanol–water partition coefficient (Wildman–Crippen LogP) is 4.05. The molecule has 30 heavy (non-hydrogen) atoms. The largest absolute Gasteiger partial charge is 0.508 e. The van der Waals surface area contributed by atoms with Crippen LogP contribution in [0.2, 0.25) is 0 Å². The maximum Gasteiger partial charge on any atom is 0.320 e. The van der Waals surface area contributed by atoms with Crippen LogP contribution < -0.4 is 5.32 Å². The number of rotatable bonds is 9. The first kappa shape index (κ1) is 23.3. The highest BCUT2D eigenvalue weighted by Crippen LogP contribution is 2.40. The highest BCUT2D eigenvalue weighted by Gasteiger charge is 2.51. The average Bonchev–Trinajstić information content (AvgIpc) is 2.68. The molecule has 0 aliphatic carbocycles. The Hall–Kier alpha value is -3.02. The molecule has 0 saturated carbocycles. The van der Waals surface area contributed by atoms with Gasteiger partial charge in [0.05, 0.1) is 6.04 Å². The number of amides is 1. The van der Waals surface area contributed by atoms with E-state index >= 15 is 0 Å². The Morgan fingerprint density at radius 1 is 0.867 bits per heavy atom. The van der Waals surface area contributed by atoms with Gasteiger partial charge in [-0.3, -0.25) is 9.59 Å². The second kappa shape index (κ2) is 9.65. The first-order valence-electron chi connectivity index (χ1n) is 10.2. The standard InChI is InChI=1S/C24H31NO5/c1-15(2)5-14-21(28)25-22(16(3)4)24(23(29)30,17-6-10-19(26)11-7-17)18-8-12-20(27)13-9-18/h6-13,15-16,22,26-27H,5,14H2,1-4H3,(H,25,28)(H,29,30). The van der Waals surface area contributed by atoms with E-state index in [1.165, 1.54) is 24.3 Å². The first-order chi connectivity index (χ1) is 14.1. The van der Waals surface area contributed by atoms with Crippen molar-refractivity contribution in [3.05, 3.63) is 59.7 Å². The molecular formula is C24H31NO5. The number of phenolic OH excluding ortho intramolecular Hbond substituents is 2. The van der Waals surface area contributed by atoms with Gasteiger partial charge in [0.15, 0.2) is 0 Å². The van der Waals surface area contributed by atoms with Gasteiger partial charge in [0.2, 0.25) is 5.91 Å². The molecule has 0 bridgehead atoms. The van der Waals surface area contributed by atoms with Crippen LogP contribution in [0.4, 0.5) is 0 Å². The van der Waals surface area contributed by atoms with E-state index in [2.05, 4.69) is 5.32 Å². The summed E-state index contributed by atoms with van der Waals surface area (Å²) in [5, 5.41) is 33.0. The Labute approximate surface area is 177 Å². The number of phenols is 2. The van der Waals surface area contributed by atoms with Crippen LogP contribution in [0.15, 0.2) is 48.5 Å². The third kappa shape index (κ3) is 4.93. The van der Waals surface area contributed by atoms with Crippen LogP contribution in [-0.4, -0.2) is 33.2 Å². The van der Waals surface area contributed by atoms with E-state index in [1.807, 2.05) is 27.7 Å². The molecule has 0 fully saturated rings. The van der Waals surface area contributed by atoms with E-state index in [0.29, 0.717) is 29.9 Å². The Morgan fingerprint density at radius 2 is 1.30 bits per heavy atom. The van der Waals surface area contributed by atoms with Gasteiger partial charge >= 0.3 is 5.97 Å². The van der Waals surface area contributed by atoms with E-state index in [4.69, 9.17) is 0 Å². The van der Waals surface area contributed by atoms with E-state index in [0.717, 1.165) is 0 Å². The van der Waals surface area contributed by atoms with Crippen molar-refractivity contribution in [2.75, 3.05) is 0 Å². The lowest BCUT2D eigenvalue weighted by atomic mass is 9.65. The minimum absolute atomic E-state index is 0.0193. The van der Waals surface area contributed by atoms with Gasteiger partial charge in [-0.15, -0.1) is 0 Å². The van der Waals surface area contributed by atoms with Crippen LogP contribution >= 0.6 is 0 Å². The van der Waals surface area contributed by atoms with E-state index in [9.17, 15) is 24.9 Å². The number of benzene rings is 2. The van der Waals surface area contributed by atoms with Gasteiger partial charge in [-0.2, -0.15) is 0 Å². The van der Waals surface area contributed by atoms with Crippen molar-refractivity contribution in [1.82, 2.24) is 5.32 Å². The number of hydrogen-bond acceptors (Lipinski definition) is 4. The summed E-state index contributed by atoms with van der Waals surface area (Å²) in [5.74, 6) is -1.15. The van der Waals surface area contributed by atoms with Crippen LogP contribution in [0.3, 0.4) is 0 Å². The Bertz CT molecular complexity index is 811. The van der Waals surface area contributed by atoms with Gasteiger partial charge in [-0.25, -0.2) is 0 Å². The molecule has 6 nitrogen and oxygen atoms in total. The van der Waals surface area contributed by atoms with Crippen molar-refractivity contribution in [3.63, 3.8) is 0 Å². The fourth-order valence-corrected chi connectivity index (χ4v) is 3.79. The van der Waals surface area contributed by atoms with E-state index in [-0.39, 0.29) is 23.3 Å². The molecule has 6 heteroatoms. The van der Waals surface area contributed by atoms with Gasteiger partial charge in [-0.05, 0) is 53.6 Å². The summed E-state index contributed by atoms with van der Waals surface area (Å²) < 4.78 is 0. The van der Waals surface area contributed by atoms with Crippen LogP contribution in [-0.2, 0) is 15.0 Å². The summed E-state index contributed by atoms with van der Waals surface area (Å²) >= 11 is 0. The smallest absolute Gasteiger partial charge is 0.320 e. The summed E-state index contributed by atoms with van der Waals surface area (Å²) in [5.41, 5.74) is -0.744. The van der Waals surface area contributed by atoms with Crippen molar-refractivity contribution in [2.45, 2.75) is 52.0 Å². The fraction of sp³-hybridized carbons (Fsp3) is 0.417. The topological polar surface area (TPSA) is 107 Å². The van der Waals surface area contributed by atoms with Crippen LogP contribution in [0.25, 0.3) is 0 Å². The van der Waals surface area contributed by atoms with Crippen molar-refractivity contribution in [1.29, 1.82) is 0 Å². The molecule has 1 atom stereocenters. The zero-order valence-electron chi connectivity index (χ0n) is 17.9. The van der Waals surface area contributed by atoms with Crippen molar-refractivity contribution in [3.8, 4) is 11.5 Å². The average molecular weight is 414 g/mol. The van der Waals surface area contributed by atoms with Gasteiger partial charge in [0.1, 0.15) is 16.9 Å². The monoisotopic (exact) mass is 413 g/mol. The normalized spacial score (nSPS) is 12.7. The maximum atomic E-state index is 12.9. The highest BCUT2D eigenvalue weighted by molar-refractivity contribution is 5.89. The number of nitrogens with one attached hydrogen (secondary N) is 1. The maximum absolute atomic E-state index is 12.9. The van der Waals surface area contributed by atoms with Gasteiger partial charge in [-0.1, -0.05) is 52.0 Å². The second-order valence-electron chi connectivity index (χ2n) is 8.43. The summed E-state index contributed by atoms with van der Waals surface area (Å²) in [6.45, 7) is 7.79. The van der Waals surface area contributed by atoms with Crippen LogP contribution in [0.1, 0.15) is 51.7 Å². The zero-order valence-corrected chi connectivity index (χ0v) is 17.9. The quantitative estimate of drug-likeness (QED) is 0.496. The lowest BCUT2D eigenvalue weighted by Crippen LogP contribution is -2.58. The van der Waals surface area contributed by atoms with E-state index in [1.54, 1.807) is 24.3 Å². The summed E-state index contributed by atoms with van der Waals surface area (Å²) in [6, 6.07) is 11.2. The molecule has 4 N–H and O–H groups in total. The molecule has 0 aliphatic rings. The van der Waals surface area contributed by atoms with Crippen molar-refractivity contribution < 1.29 is 24.9 Å². The van der Waals surface area contributed by atoms with Crippen LogP contribution in [0, 0.1) is 11.8 Å². The molecule has 162 valence electrons. The first-order valence-corrected chi connectivity index (χ1v) is 10.2. The Kier molecular flexibility index (Phi) is 7.48. The molecule has 1 unspecified atom stereocenters. The third-order valence-electron chi connectivity index (χ3n) is 5.38. The molecule has 0 saturated heterocycles. The Balaban J connectivity index is 2.67. The molecule has 0 aromatic heterocycles. The van der Waals surface area contributed by atoms with Gasteiger partial charge in [0.25, 0.3) is 0 Å². The Morgan fingerprint density at radius 3 is 1.63 bits per heavy atom. The molecule has 1 amide bonds. The number of carbonyl (C=O) groups excluding carboxylic acids is 1. The van der Waals surface area contributed by atoms with Crippen LogP contribution in [0.5, 0.6) is 11.5 Å². The number of hydrogen-bond donors (Lipinski definition) is 4. The predicted molar refractivity (Wildman–Crippen MR) is 115 cm³/mol.